The molecule has 0 amide bonds. The van der Waals surface area contributed by atoms with Crippen molar-refractivity contribution in [3.63, 3.8) is 0 Å². The van der Waals surface area contributed by atoms with E-state index in [0.29, 0.717) is 0 Å². The number of rotatable bonds is 2. The normalized spacial score (nSPS) is 37.7. The third kappa shape index (κ3) is 5.29. The Labute approximate surface area is 247 Å². The zero-order valence-corrected chi connectivity index (χ0v) is 24.1. The van der Waals surface area contributed by atoms with Gasteiger partial charge in [-0.1, -0.05) is 0 Å². The van der Waals surface area contributed by atoms with Gasteiger partial charge < -0.3 is 30.7 Å². The number of ether oxygens (including phenoxy) is 2. The molecule has 7 N–H and O–H groups in total. The van der Waals surface area contributed by atoms with E-state index in [9.17, 15) is 23.7 Å². The lowest BCUT2D eigenvalue weighted by Crippen LogP contribution is -2.34. The Morgan fingerprint density at radius 1 is 0.844 bits per heavy atom. The monoisotopic (exact) mass is 678 g/mol. The molecule has 7 rings (SSSR count). The summed E-state index contributed by atoms with van der Waals surface area (Å²) in [6.45, 7) is -1.94. The number of alkyl halides is 2. The summed E-state index contributed by atoms with van der Waals surface area (Å²) in [5.41, 5.74) is 10.4. The first-order valence-electron chi connectivity index (χ1n) is 12.9. The van der Waals surface area contributed by atoms with E-state index in [1.54, 1.807) is 0 Å². The number of hydrogen-bond donors (Lipinski definition) is 5. The van der Waals surface area contributed by atoms with Gasteiger partial charge in [0.05, 0.1) is 25.9 Å². The molecule has 0 saturated carbocycles. The summed E-state index contributed by atoms with van der Waals surface area (Å²) in [7, 11) is -10.4. The average Bonchev–Trinajstić information content (AvgIpc) is 3.72. The van der Waals surface area contributed by atoms with E-state index in [1.807, 2.05) is 0 Å². The van der Waals surface area contributed by atoms with Crippen LogP contribution in [0.2, 0.25) is 0 Å². The number of aromatic nitrogens is 8. The largest absolute Gasteiger partial charge is 0.472 e. The Morgan fingerprint density at radius 3 is 2.20 bits per heavy atom. The third-order valence-corrected chi connectivity index (χ3v) is 9.20. The van der Waals surface area contributed by atoms with E-state index >= 15 is 8.78 Å². The predicted molar refractivity (Wildman–Crippen MR) is 141 cm³/mol. The molecule has 4 aromatic rings. The van der Waals surface area contributed by atoms with Gasteiger partial charge in [-0.25, -0.2) is 37.8 Å². The van der Waals surface area contributed by atoms with Crippen molar-refractivity contribution in [3.8, 4) is 0 Å². The van der Waals surface area contributed by atoms with E-state index in [-0.39, 0.29) is 34.1 Å². The number of aromatic amines is 1. The van der Waals surface area contributed by atoms with Crippen LogP contribution in [0.5, 0.6) is 0 Å². The number of H-pyrrole nitrogens is 1. The first kappa shape index (κ1) is 30.2. The highest BCUT2D eigenvalue weighted by Crippen LogP contribution is 2.54. The second-order valence-electron chi connectivity index (χ2n) is 10.0. The molecular weight excluding hydrogens is 656 g/mol. The number of phosphoric acid groups is 2. The number of nitrogen functional groups attached to an aromatic ring is 2. The molecule has 0 aliphatic carbocycles. The van der Waals surface area contributed by atoms with E-state index < -0.39 is 83.6 Å². The topological polar surface area (TPSA) is 289 Å². The Kier molecular flexibility index (Phi) is 7.24. The molecule has 7 heterocycles. The van der Waals surface area contributed by atoms with Crippen LogP contribution in [0.1, 0.15) is 12.5 Å². The van der Waals surface area contributed by atoms with Gasteiger partial charge in [-0.3, -0.25) is 37.0 Å². The maximum absolute atomic E-state index is 15.9. The molecule has 242 valence electrons. The third-order valence-electron chi connectivity index (χ3n) is 7.23. The summed E-state index contributed by atoms with van der Waals surface area (Å²) < 4.78 is 91.3. The van der Waals surface area contributed by atoms with E-state index in [0.717, 1.165) is 28.1 Å². The van der Waals surface area contributed by atoms with Crippen molar-refractivity contribution < 1.29 is 55.3 Å². The van der Waals surface area contributed by atoms with Crippen LogP contribution in [0.4, 0.5) is 20.5 Å². The molecule has 3 saturated heterocycles. The Morgan fingerprint density at radius 2 is 1.47 bits per heavy atom. The SMILES string of the molecule is Nc1nc2c(ncn2[C@@H]2O[C@@H]3CO[P@](=O)(O)O[C@H]4[C@H](F)[C@H](n5cnc6c(N)ncnc65)O[C@@H]4CO[P@](=O)(O)O[C@@H]2[C@@H]3F)c(=O)[nH]1. The maximum Gasteiger partial charge on any atom is 0.472 e. The smallest absolute Gasteiger partial charge is 0.382 e. The summed E-state index contributed by atoms with van der Waals surface area (Å²) >= 11 is 0. The standard InChI is InChI=1S/C20H22F2N10O11P2/c21-8-6-1-38-44(34,35)42-12-7(41-18(9(12)22)31-4-27-10-14(23)25-3-26-15(10)31)2-39-45(36,37)43-13(8)19(40-6)32-5-28-11-16(32)29-20(24)30-17(11)33/h3-9,12-13,18-19H,1-2H2,(H,34,35)(H,36,37)(H2,23,25,26)(H3,24,29,30,33)/t6-,7-,8-,9+,12-,13-,18-,19-/m1/s1. The fourth-order valence-electron chi connectivity index (χ4n) is 5.23. The van der Waals surface area contributed by atoms with Crippen LogP contribution in [-0.2, 0) is 36.7 Å². The van der Waals surface area contributed by atoms with E-state index in [1.165, 1.54) is 0 Å². The Bertz CT molecular complexity index is 1940. The fraction of sp³-hybridized carbons (Fsp3) is 0.500. The van der Waals surface area contributed by atoms with Crippen molar-refractivity contribution in [2.45, 2.75) is 49.2 Å². The minimum absolute atomic E-state index is 0.0167. The Hall–Kier alpha value is -3.50. The van der Waals surface area contributed by atoms with Gasteiger partial charge in [0.2, 0.25) is 5.95 Å². The van der Waals surface area contributed by atoms with Crippen LogP contribution in [-0.4, -0.2) is 98.8 Å². The highest BCUT2D eigenvalue weighted by molar-refractivity contribution is 7.47. The Balaban J connectivity index is 1.21. The molecule has 3 aliphatic rings. The van der Waals surface area contributed by atoms with Gasteiger partial charge in [0.25, 0.3) is 5.56 Å². The number of nitrogens with one attached hydrogen (secondary N) is 1. The molecule has 25 heteroatoms. The number of anilines is 2. The molecule has 21 nitrogen and oxygen atoms in total. The fourth-order valence-corrected chi connectivity index (χ4v) is 7.11. The van der Waals surface area contributed by atoms with Gasteiger partial charge in [0, 0.05) is 0 Å². The van der Waals surface area contributed by atoms with Gasteiger partial charge in [-0.05, 0) is 0 Å². The summed E-state index contributed by atoms with van der Waals surface area (Å²) in [6, 6.07) is 0. The van der Waals surface area contributed by atoms with Crippen LogP contribution in [0, 0.1) is 0 Å². The van der Waals surface area contributed by atoms with Gasteiger partial charge in [-0.15, -0.1) is 0 Å². The first-order valence-corrected chi connectivity index (χ1v) is 15.9. The molecule has 45 heavy (non-hydrogen) atoms. The number of phosphoric ester groups is 2. The molecule has 0 spiro atoms. The van der Waals surface area contributed by atoms with Crippen LogP contribution in [0.25, 0.3) is 22.3 Å². The molecule has 2 bridgehead atoms. The second-order valence-corrected chi connectivity index (χ2v) is 12.9. The minimum atomic E-state index is -5.23. The quantitative estimate of drug-likeness (QED) is 0.169. The van der Waals surface area contributed by atoms with Crippen LogP contribution >= 0.6 is 15.6 Å². The number of nitrogens with two attached hydrogens (primary N) is 2. The molecular formula is C20H22F2N10O11P2. The molecule has 0 aromatic carbocycles. The summed E-state index contributed by atoms with van der Waals surface area (Å²) in [6.07, 6.45) is -11.8. The van der Waals surface area contributed by atoms with Crippen molar-refractivity contribution in [2.24, 2.45) is 0 Å². The van der Waals surface area contributed by atoms with Gasteiger partial charge in [0.1, 0.15) is 36.3 Å². The van der Waals surface area contributed by atoms with Crippen LogP contribution in [0.15, 0.2) is 23.8 Å². The zero-order valence-electron chi connectivity index (χ0n) is 22.3. The lowest BCUT2D eigenvalue weighted by Gasteiger charge is -2.25. The number of fused-ring (bicyclic) bond motifs is 5. The first-order chi connectivity index (χ1) is 21.3. The van der Waals surface area contributed by atoms with Crippen molar-refractivity contribution in [3.05, 3.63) is 29.3 Å². The van der Waals surface area contributed by atoms with Crippen molar-refractivity contribution in [2.75, 3.05) is 24.7 Å². The molecule has 3 aliphatic heterocycles. The molecule has 4 aromatic heterocycles. The molecule has 3 fully saturated rings. The van der Waals surface area contributed by atoms with E-state index in [2.05, 4.69) is 29.9 Å². The van der Waals surface area contributed by atoms with Crippen molar-refractivity contribution >= 4 is 49.7 Å². The minimum Gasteiger partial charge on any atom is -0.382 e. The number of halogens is 2. The highest BCUT2D eigenvalue weighted by Gasteiger charge is 2.55. The highest BCUT2D eigenvalue weighted by atomic mass is 31.2. The van der Waals surface area contributed by atoms with Gasteiger partial charge in [0.15, 0.2) is 47.4 Å². The lowest BCUT2D eigenvalue weighted by atomic mass is 10.1. The maximum atomic E-state index is 15.9. The zero-order chi connectivity index (χ0) is 31.8. The predicted octanol–water partition coefficient (Wildman–Crippen LogP) is -0.387. The summed E-state index contributed by atoms with van der Waals surface area (Å²) in [4.78, 5) is 55.2. The van der Waals surface area contributed by atoms with Gasteiger partial charge in [-0.2, -0.15) is 4.98 Å². The molecule has 0 radical (unpaired) electrons. The summed E-state index contributed by atoms with van der Waals surface area (Å²) in [5.74, 6) is -0.342. The molecule has 0 unspecified atom stereocenters. The van der Waals surface area contributed by atoms with E-state index in [4.69, 9.17) is 39.0 Å². The lowest BCUT2D eigenvalue weighted by molar-refractivity contribution is -0.0669. The average molecular weight is 678 g/mol. The van der Waals surface area contributed by atoms with Crippen molar-refractivity contribution in [1.82, 2.24) is 39.0 Å². The van der Waals surface area contributed by atoms with Crippen molar-refractivity contribution in [1.29, 1.82) is 0 Å². The van der Waals surface area contributed by atoms with Gasteiger partial charge >= 0.3 is 15.6 Å². The second kappa shape index (κ2) is 10.8. The number of imidazole rings is 2. The van der Waals surface area contributed by atoms with Crippen LogP contribution in [0.3, 0.4) is 0 Å². The number of hydrogen-bond acceptors (Lipinski definition) is 16. The number of nitrogens with zero attached hydrogens (tertiary/aromatic N) is 7. The summed E-state index contributed by atoms with van der Waals surface area (Å²) in [5, 5.41) is 0. The van der Waals surface area contributed by atoms with Crippen LogP contribution < -0.4 is 17.0 Å². The molecule has 10 atom stereocenters.